The van der Waals surface area contributed by atoms with E-state index in [1.165, 1.54) is 0 Å². The van der Waals surface area contributed by atoms with Gasteiger partial charge in [0.05, 0.1) is 0 Å². The molecule has 0 aliphatic heterocycles. The van der Waals surface area contributed by atoms with Gasteiger partial charge < -0.3 is 34.5 Å². The Kier molecular flexibility index (Phi) is 15.6. The van der Waals surface area contributed by atoms with Gasteiger partial charge in [0.1, 0.15) is 0 Å². The normalized spacial score (nSPS) is 10.0. The third-order valence-electron chi connectivity index (χ3n) is 0. The van der Waals surface area contributed by atoms with Crippen molar-refractivity contribution < 1.29 is 34.5 Å². The summed E-state index contributed by atoms with van der Waals surface area (Å²) in [5.74, 6) is 0. The summed E-state index contributed by atoms with van der Waals surface area (Å²) in [7, 11) is -12.0. The first-order valence-electron chi connectivity index (χ1n) is 1.75. The molecule has 0 aliphatic carbocycles. The molecule has 0 N–H and O–H groups in total. The van der Waals surface area contributed by atoms with E-state index in [0.29, 0.717) is 0 Å². The van der Waals surface area contributed by atoms with Crippen molar-refractivity contribution in [1.29, 1.82) is 0 Å². The third kappa shape index (κ3) is 3110. The maximum absolute atomic E-state index is 9.75. The van der Waals surface area contributed by atoms with E-state index in [9.17, 15) is 34.5 Å². The van der Waals surface area contributed by atoms with Gasteiger partial charge >= 0.3 is 41.8 Å². The molecule has 12 heteroatoms. The summed E-state index contributed by atoms with van der Waals surface area (Å²) in [5, 5.41) is 0. The van der Waals surface area contributed by atoms with Crippen LogP contribution >= 0.6 is 0 Å². The van der Waals surface area contributed by atoms with Gasteiger partial charge in [0.2, 0.25) is 0 Å². The van der Waals surface area contributed by atoms with Crippen LogP contribution in [-0.4, -0.2) is 50.2 Å². The molecule has 0 nitrogen and oxygen atoms in total. The standard InChI is InChI=1S/2BF4.B.Pb.2H/c2*2-1(3,4)5;;;;/q2*-1;;;;. The Morgan fingerprint density at radius 2 is 0.500 bits per heavy atom. The van der Waals surface area contributed by atoms with Crippen molar-refractivity contribution in [2.24, 2.45) is 0 Å². The van der Waals surface area contributed by atoms with Crippen LogP contribution in [0.4, 0.5) is 34.5 Å². The fourth-order valence-corrected chi connectivity index (χ4v) is 0. The first kappa shape index (κ1) is 22.9. The molecule has 0 fully saturated rings. The second kappa shape index (κ2) is 8.17. The van der Waals surface area contributed by atoms with Crippen LogP contribution in [0.15, 0.2) is 0 Å². The molecule has 0 aliphatic rings. The Morgan fingerprint density at radius 3 is 0.500 bits per heavy atom. The van der Waals surface area contributed by atoms with Crippen LogP contribution in [0.2, 0.25) is 0 Å². The molecule has 0 spiro atoms. The summed E-state index contributed by atoms with van der Waals surface area (Å²) in [4.78, 5) is 0. The Hall–Kier alpha value is 0.557. The van der Waals surface area contributed by atoms with Crippen molar-refractivity contribution in [2.45, 2.75) is 0 Å². The van der Waals surface area contributed by atoms with Crippen molar-refractivity contribution >= 4 is 50.2 Å². The zero-order valence-corrected chi connectivity index (χ0v) is 11.0. The summed E-state index contributed by atoms with van der Waals surface area (Å²) >= 11 is 0. The van der Waals surface area contributed by atoms with E-state index < -0.39 is 14.5 Å². The van der Waals surface area contributed by atoms with E-state index in [4.69, 9.17) is 0 Å². The molecular weight excluding hydrogens is 392 g/mol. The monoisotopic (exact) mass is 395 g/mol. The fraction of sp³-hybridized carbons (Fsp3) is 0. The molecule has 0 unspecified atom stereocenters. The fourth-order valence-electron chi connectivity index (χ4n) is 0. The molecule has 0 amide bonds. The summed E-state index contributed by atoms with van der Waals surface area (Å²) < 4.78 is 78.0. The number of rotatable bonds is 0. The van der Waals surface area contributed by atoms with Crippen LogP contribution < -0.4 is 0 Å². The van der Waals surface area contributed by atoms with Crippen LogP contribution in [-0.2, 0) is 0 Å². The van der Waals surface area contributed by atoms with Crippen molar-refractivity contribution in [3.8, 4) is 0 Å². The van der Waals surface area contributed by atoms with Crippen LogP contribution in [0.5, 0.6) is 0 Å². The van der Waals surface area contributed by atoms with E-state index >= 15 is 0 Å². The maximum atomic E-state index is 9.75. The van der Waals surface area contributed by atoms with Crippen LogP contribution in [0.25, 0.3) is 0 Å². The zero-order valence-electron chi connectivity index (χ0n) is 5.46. The molecule has 0 bridgehead atoms. The van der Waals surface area contributed by atoms with Gasteiger partial charge in [-0.3, -0.25) is 0 Å². The van der Waals surface area contributed by atoms with Gasteiger partial charge in [-0.25, -0.2) is 0 Å². The number of hydrogen-bond donors (Lipinski definition) is 0. The number of halogens is 8. The quantitative estimate of drug-likeness (QED) is 0.430. The van der Waals surface area contributed by atoms with Crippen LogP contribution in [0.1, 0.15) is 0 Å². The minimum absolute atomic E-state index is 0. The van der Waals surface area contributed by atoms with Gasteiger partial charge in [0.15, 0.2) is 0 Å². The van der Waals surface area contributed by atoms with Crippen LogP contribution in [0, 0.1) is 0 Å². The van der Waals surface area contributed by atoms with Crippen LogP contribution in [0.3, 0.4) is 0 Å². The van der Waals surface area contributed by atoms with Gasteiger partial charge in [0, 0.05) is 8.41 Å². The van der Waals surface area contributed by atoms with Gasteiger partial charge in [-0.15, -0.1) is 0 Å². The van der Waals surface area contributed by atoms with Gasteiger partial charge in [0.25, 0.3) is 0 Å². The Morgan fingerprint density at radius 1 is 0.500 bits per heavy atom. The Bertz CT molecular complexity index is 57.3. The zero-order chi connectivity index (χ0) is 9.00. The SMILES string of the molecule is F[B-](F)(F)F.F[B-](F)(F)F.[B].[PbH2]. The van der Waals surface area contributed by atoms with Crippen molar-refractivity contribution in [3.63, 3.8) is 0 Å². The van der Waals surface area contributed by atoms with E-state index in [-0.39, 0.29) is 35.7 Å². The predicted molar refractivity (Wildman–Crippen MR) is 34.7 cm³/mol. The predicted octanol–water partition coefficient (Wildman–Crippen LogP) is 1.30. The minimum atomic E-state index is -6.00. The van der Waals surface area contributed by atoms with E-state index in [1.54, 1.807) is 0 Å². The molecule has 12 heavy (non-hydrogen) atoms. The van der Waals surface area contributed by atoms with Gasteiger partial charge in [-0.05, 0) is 0 Å². The molecule has 0 aromatic heterocycles. The van der Waals surface area contributed by atoms with E-state index in [1.807, 2.05) is 0 Å². The molecule has 0 rings (SSSR count). The first-order valence-corrected chi connectivity index (χ1v) is 1.75. The van der Waals surface area contributed by atoms with Gasteiger partial charge in [-0.1, -0.05) is 0 Å². The van der Waals surface area contributed by atoms with Crippen molar-refractivity contribution in [2.75, 3.05) is 0 Å². The molecule has 0 saturated carbocycles. The molecular formula is H2B3F8Pb-2. The molecule has 0 heterocycles. The molecule has 73 valence electrons. The molecule has 0 aromatic rings. The topological polar surface area (TPSA) is 0 Å². The van der Waals surface area contributed by atoms with Gasteiger partial charge in [-0.2, -0.15) is 0 Å². The molecule has 0 atom stereocenters. The summed E-state index contributed by atoms with van der Waals surface area (Å²) in [6, 6.07) is 0. The summed E-state index contributed by atoms with van der Waals surface area (Å²) in [6.07, 6.45) is 0. The average Bonchev–Trinajstić information content (AvgIpc) is 1.12. The second-order valence-electron chi connectivity index (χ2n) is 0.990. The number of hydrogen-bond acceptors (Lipinski definition) is 0. The summed E-state index contributed by atoms with van der Waals surface area (Å²) in [6.45, 7) is 0. The first-order chi connectivity index (χ1) is 4.00. The van der Waals surface area contributed by atoms with E-state index in [0.717, 1.165) is 0 Å². The third-order valence-corrected chi connectivity index (χ3v) is 0. The van der Waals surface area contributed by atoms with Crippen molar-refractivity contribution in [3.05, 3.63) is 0 Å². The van der Waals surface area contributed by atoms with Crippen molar-refractivity contribution in [1.82, 2.24) is 0 Å². The average molecular weight is 394 g/mol. The summed E-state index contributed by atoms with van der Waals surface area (Å²) in [5.41, 5.74) is 0. The molecule has 0 aromatic carbocycles. The molecule has 5 radical (unpaired) electrons. The van der Waals surface area contributed by atoms with E-state index in [2.05, 4.69) is 0 Å². The second-order valence-corrected chi connectivity index (χ2v) is 0.990. The Labute approximate surface area is 85.0 Å². The Balaban J connectivity index is -0.0000000457. The molecule has 0 saturated heterocycles.